The van der Waals surface area contributed by atoms with Crippen molar-refractivity contribution in [3.8, 4) is 0 Å². The highest BCUT2D eigenvalue weighted by Gasteiger charge is 2.42. The topological polar surface area (TPSA) is 39.7 Å². The molecule has 120 valence electrons. The second-order valence-electron chi connectivity index (χ2n) is 5.51. The van der Waals surface area contributed by atoms with E-state index in [0.29, 0.717) is 19.3 Å². The number of rotatable bonds is 13. The van der Waals surface area contributed by atoms with E-state index >= 15 is 0 Å². The SMILES string of the molecule is CCCCOCCOC1CC(NCCC)C1OCCC. The molecule has 1 N–H and O–H groups in total. The number of hydrogen-bond donors (Lipinski definition) is 1. The molecule has 1 fully saturated rings. The molecule has 1 rings (SSSR count). The van der Waals surface area contributed by atoms with Crippen molar-refractivity contribution in [1.82, 2.24) is 5.32 Å². The maximum Gasteiger partial charge on any atom is 0.0990 e. The summed E-state index contributed by atoms with van der Waals surface area (Å²) in [6.07, 6.45) is 6.06. The van der Waals surface area contributed by atoms with Crippen LogP contribution in [0.2, 0.25) is 0 Å². The molecule has 1 aliphatic rings. The summed E-state index contributed by atoms with van der Waals surface area (Å²) in [4.78, 5) is 0. The highest BCUT2D eigenvalue weighted by Crippen LogP contribution is 2.27. The summed E-state index contributed by atoms with van der Waals surface area (Å²) in [7, 11) is 0. The largest absolute Gasteiger partial charge is 0.379 e. The Labute approximate surface area is 124 Å². The fourth-order valence-corrected chi connectivity index (χ4v) is 2.36. The maximum absolute atomic E-state index is 5.92. The second kappa shape index (κ2) is 11.5. The van der Waals surface area contributed by atoms with Crippen molar-refractivity contribution in [3.05, 3.63) is 0 Å². The first-order valence-corrected chi connectivity index (χ1v) is 8.37. The molecular weight excluding hydrogens is 254 g/mol. The van der Waals surface area contributed by atoms with Gasteiger partial charge in [0.2, 0.25) is 0 Å². The molecule has 0 aromatic carbocycles. The van der Waals surface area contributed by atoms with Gasteiger partial charge in [-0.3, -0.25) is 0 Å². The lowest BCUT2D eigenvalue weighted by molar-refractivity contribution is -0.152. The molecule has 3 unspecified atom stereocenters. The van der Waals surface area contributed by atoms with Crippen LogP contribution >= 0.6 is 0 Å². The number of hydrogen-bond acceptors (Lipinski definition) is 4. The van der Waals surface area contributed by atoms with E-state index in [1.54, 1.807) is 0 Å². The summed E-state index contributed by atoms with van der Waals surface area (Å²) in [5, 5.41) is 3.54. The normalized spacial score (nSPS) is 25.6. The standard InChI is InChI=1S/C16H33NO3/c1-4-7-10-18-11-12-19-15-13-14(17-8-5-2)16(15)20-9-6-3/h14-17H,4-13H2,1-3H3. The summed E-state index contributed by atoms with van der Waals surface area (Å²) >= 11 is 0. The molecule has 1 aliphatic carbocycles. The molecule has 4 heteroatoms. The van der Waals surface area contributed by atoms with Crippen molar-refractivity contribution in [2.45, 2.75) is 71.1 Å². The van der Waals surface area contributed by atoms with Crippen molar-refractivity contribution in [2.24, 2.45) is 0 Å². The van der Waals surface area contributed by atoms with Crippen LogP contribution in [0.3, 0.4) is 0 Å². The van der Waals surface area contributed by atoms with E-state index in [9.17, 15) is 0 Å². The van der Waals surface area contributed by atoms with Crippen molar-refractivity contribution < 1.29 is 14.2 Å². The highest BCUT2D eigenvalue weighted by molar-refractivity contribution is 4.97. The Morgan fingerprint density at radius 1 is 0.900 bits per heavy atom. The van der Waals surface area contributed by atoms with Gasteiger partial charge in [0.25, 0.3) is 0 Å². The molecule has 0 amide bonds. The van der Waals surface area contributed by atoms with Gasteiger partial charge in [0.15, 0.2) is 0 Å². The average molecular weight is 287 g/mol. The van der Waals surface area contributed by atoms with Gasteiger partial charge >= 0.3 is 0 Å². The Balaban J connectivity index is 2.13. The third-order valence-corrected chi connectivity index (χ3v) is 3.62. The third-order valence-electron chi connectivity index (χ3n) is 3.62. The Bertz CT molecular complexity index is 226. The predicted octanol–water partition coefficient (Wildman–Crippen LogP) is 2.76. The van der Waals surface area contributed by atoms with Crippen molar-refractivity contribution in [3.63, 3.8) is 0 Å². The molecule has 20 heavy (non-hydrogen) atoms. The fourth-order valence-electron chi connectivity index (χ4n) is 2.36. The molecule has 0 spiro atoms. The van der Waals surface area contributed by atoms with Gasteiger partial charge in [-0.25, -0.2) is 0 Å². The minimum absolute atomic E-state index is 0.220. The number of unbranched alkanes of at least 4 members (excludes halogenated alkanes) is 1. The number of ether oxygens (including phenoxy) is 3. The van der Waals surface area contributed by atoms with E-state index < -0.39 is 0 Å². The van der Waals surface area contributed by atoms with E-state index in [0.717, 1.165) is 45.4 Å². The Morgan fingerprint density at radius 2 is 1.75 bits per heavy atom. The minimum Gasteiger partial charge on any atom is -0.379 e. The molecule has 0 aliphatic heterocycles. The van der Waals surface area contributed by atoms with Crippen LogP contribution in [-0.4, -0.2) is 51.2 Å². The van der Waals surface area contributed by atoms with Gasteiger partial charge in [0, 0.05) is 19.3 Å². The van der Waals surface area contributed by atoms with Gasteiger partial charge < -0.3 is 19.5 Å². The minimum atomic E-state index is 0.220. The molecule has 0 bridgehead atoms. The predicted molar refractivity (Wildman–Crippen MR) is 82.2 cm³/mol. The molecule has 0 saturated heterocycles. The Hall–Kier alpha value is -0.160. The lowest BCUT2D eigenvalue weighted by Gasteiger charge is -2.44. The van der Waals surface area contributed by atoms with Crippen molar-refractivity contribution in [1.29, 1.82) is 0 Å². The summed E-state index contributed by atoms with van der Waals surface area (Å²) in [5.74, 6) is 0. The van der Waals surface area contributed by atoms with Gasteiger partial charge in [-0.15, -0.1) is 0 Å². The van der Waals surface area contributed by atoms with Crippen LogP contribution in [-0.2, 0) is 14.2 Å². The molecular formula is C16H33NO3. The maximum atomic E-state index is 5.92. The van der Waals surface area contributed by atoms with E-state index in [-0.39, 0.29) is 12.2 Å². The van der Waals surface area contributed by atoms with Crippen molar-refractivity contribution in [2.75, 3.05) is 33.0 Å². The van der Waals surface area contributed by atoms with Crippen LogP contribution < -0.4 is 5.32 Å². The smallest absolute Gasteiger partial charge is 0.0990 e. The van der Waals surface area contributed by atoms with E-state index in [1.165, 1.54) is 6.42 Å². The molecule has 1 saturated carbocycles. The van der Waals surface area contributed by atoms with Gasteiger partial charge in [0.1, 0.15) is 0 Å². The monoisotopic (exact) mass is 287 g/mol. The van der Waals surface area contributed by atoms with Crippen LogP contribution in [0.1, 0.15) is 52.9 Å². The van der Waals surface area contributed by atoms with Gasteiger partial charge in [-0.2, -0.15) is 0 Å². The average Bonchev–Trinajstić information content (AvgIpc) is 2.44. The quantitative estimate of drug-likeness (QED) is 0.529. The lowest BCUT2D eigenvalue weighted by Crippen LogP contribution is -2.60. The number of nitrogens with one attached hydrogen (secondary N) is 1. The van der Waals surface area contributed by atoms with E-state index in [2.05, 4.69) is 26.1 Å². The molecule has 0 aromatic rings. The third kappa shape index (κ3) is 6.53. The zero-order valence-corrected chi connectivity index (χ0v) is 13.5. The van der Waals surface area contributed by atoms with Crippen LogP contribution in [0.5, 0.6) is 0 Å². The first-order chi connectivity index (χ1) is 9.83. The second-order valence-corrected chi connectivity index (χ2v) is 5.51. The summed E-state index contributed by atoms with van der Waals surface area (Å²) in [6, 6.07) is 0.465. The first kappa shape index (κ1) is 17.9. The fraction of sp³-hybridized carbons (Fsp3) is 1.00. The van der Waals surface area contributed by atoms with E-state index in [1.807, 2.05) is 0 Å². The highest BCUT2D eigenvalue weighted by atomic mass is 16.6. The molecule has 0 heterocycles. The lowest BCUT2D eigenvalue weighted by atomic mass is 9.85. The Kier molecular flexibility index (Phi) is 10.3. The molecule has 3 atom stereocenters. The molecule has 0 radical (unpaired) electrons. The first-order valence-electron chi connectivity index (χ1n) is 8.37. The zero-order valence-electron chi connectivity index (χ0n) is 13.5. The van der Waals surface area contributed by atoms with Crippen LogP contribution in [0.25, 0.3) is 0 Å². The molecule has 4 nitrogen and oxygen atoms in total. The van der Waals surface area contributed by atoms with Crippen LogP contribution in [0.4, 0.5) is 0 Å². The summed E-state index contributed by atoms with van der Waals surface area (Å²) in [5.41, 5.74) is 0. The summed E-state index contributed by atoms with van der Waals surface area (Å²) in [6.45, 7) is 10.6. The Morgan fingerprint density at radius 3 is 2.45 bits per heavy atom. The van der Waals surface area contributed by atoms with Crippen LogP contribution in [0.15, 0.2) is 0 Å². The molecule has 0 aromatic heterocycles. The van der Waals surface area contributed by atoms with Crippen molar-refractivity contribution >= 4 is 0 Å². The van der Waals surface area contributed by atoms with E-state index in [4.69, 9.17) is 14.2 Å². The summed E-state index contributed by atoms with van der Waals surface area (Å²) < 4.78 is 17.3. The van der Waals surface area contributed by atoms with Gasteiger partial charge in [-0.1, -0.05) is 27.2 Å². The zero-order chi connectivity index (χ0) is 14.6. The van der Waals surface area contributed by atoms with Crippen LogP contribution in [0, 0.1) is 0 Å². The van der Waals surface area contributed by atoms with Gasteiger partial charge in [0.05, 0.1) is 25.4 Å². The van der Waals surface area contributed by atoms with Gasteiger partial charge in [-0.05, 0) is 32.2 Å².